The van der Waals surface area contributed by atoms with E-state index >= 15 is 0 Å². The molecule has 1 radical (unpaired) electrons. The SMILES string of the molecule is [B]1C=CC=C1c1cnn(-c2ccccc2)c1. The number of para-hydroxylation sites is 1. The van der Waals surface area contributed by atoms with Crippen LogP contribution in [0.25, 0.3) is 11.2 Å². The van der Waals surface area contributed by atoms with E-state index in [2.05, 4.69) is 18.5 Å². The highest BCUT2D eigenvalue weighted by Gasteiger charge is 2.07. The lowest BCUT2D eigenvalue weighted by Gasteiger charge is -1.99. The number of nitrogens with zero attached hydrogens (tertiary/aromatic N) is 2. The largest absolute Gasteiger partial charge is 0.240 e. The van der Waals surface area contributed by atoms with E-state index in [1.165, 1.54) is 5.47 Å². The summed E-state index contributed by atoms with van der Waals surface area (Å²) in [5.74, 6) is 2.04. The molecule has 1 aromatic heterocycles. The molecule has 75 valence electrons. The zero-order chi connectivity index (χ0) is 10.8. The molecule has 16 heavy (non-hydrogen) atoms. The molecule has 0 bridgehead atoms. The van der Waals surface area contributed by atoms with Gasteiger partial charge in [0.1, 0.15) is 0 Å². The highest BCUT2D eigenvalue weighted by atomic mass is 15.3. The van der Waals surface area contributed by atoms with Gasteiger partial charge in [0, 0.05) is 11.8 Å². The van der Waals surface area contributed by atoms with Crippen LogP contribution >= 0.6 is 0 Å². The van der Waals surface area contributed by atoms with Gasteiger partial charge in [-0.05, 0) is 12.1 Å². The average molecular weight is 205 g/mol. The van der Waals surface area contributed by atoms with Gasteiger partial charge in [0.2, 0.25) is 0 Å². The second kappa shape index (κ2) is 3.85. The van der Waals surface area contributed by atoms with Crippen molar-refractivity contribution in [2.75, 3.05) is 0 Å². The molecule has 0 amide bonds. The van der Waals surface area contributed by atoms with Gasteiger partial charge in [-0.15, -0.1) is 5.98 Å². The lowest BCUT2D eigenvalue weighted by Crippen LogP contribution is -1.93. The molecule has 0 spiro atoms. The summed E-state index contributed by atoms with van der Waals surface area (Å²) < 4.78 is 1.89. The molecule has 0 fully saturated rings. The van der Waals surface area contributed by atoms with E-state index in [0.29, 0.717) is 0 Å². The Bertz CT molecular complexity index is 552. The van der Waals surface area contributed by atoms with Gasteiger partial charge < -0.3 is 0 Å². The predicted molar refractivity (Wildman–Crippen MR) is 66.4 cm³/mol. The standard InChI is InChI=1S/C13H10BN2/c1-2-5-12(6-3-1)16-10-11(9-15-16)13-7-4-8-14-13/h1-10H. The molecule has 0 unspecified atom stereocenters. The fourth-order valence-electron chi connectivity index (χ4n) is 1.76. The van der Waals surface area contributed by atoms with Gasteiger partial charge in [0.25, 0.3) is 0 Å². The van der Waals surface area contributed by atoms with Crippen LogP contribution in [-0.2, 0) is 0 Å². The molecule has 1 aliphatic heterocycles. The Kier molecular flexibility index (Phi) is 2.22. The van der Waals surface area contributed by atoms with E-state index in [1.807, 2.05) is 59.5 Å². The van der Waals surface area contributed by atoms with Crippen LogP contribution in [0.1, 0.15) is 5.56 Å². The molecule has 0 saturated heterocycles. The first-order valence-electron chi connectivity index (χ1n) is 5.26. The first kappa shape index (κ1) is 9.22. The van der Waals surface area contributed by atoms with Crippen molar-refractivity contribution in [2.24, 2.45) is 0 Å². The second-order valence-electron chi connectivity index (χ2n) is 3.68. The van der Waals surface area contributed by atoms with E-state index in [9.17, 15) is 0 Å². The lowest BCUT2D eigenvalue weighted by atomic mass is 9.71. The molecular formula is C13H10BN2. The monoisotopic (exact) mass is 205 g/mol. The highest BCUT2D eigenvalue weighted by molar-refractivity contribution is 6.66. The Hall–Kier alpha value is -2.03. The summed E-state index contributed by atoms with van der Waals surface area (Å²) in [4.78, 5) is 0. The Labute approximate surface area is 95.2 Å². The first-order valence-corrected chi connectivity index (χ1v) is 5.26. The molecule has 0 saturated carbocycles. The summed E-state index contributed by atoms with van der Waals surface area (Å²) in [7, 11) is 2.09. The van der Waals surface area contributed by atoms with Crippen molar-refractivity contribution in [2.45, 2.75) is 0 Å². The van der Waals surface area contributed by atoms with Gasteiger partial charge >= 0.3 is 0 Å². The summed E-state index contributed by atoms with van der Waals surface area (Å²) in [5, 5.41) is 4.36. The van der Waals surface area contributed by atoms with E-state index in [-0.39, 0.29) is 0 Å². The third-order valence-electron chi connectivity index (χ3n) is 2.60. The summed E-state index contributed by atoms with van der Waals surface area (Å²) >= 11 is 0. The quantitative estimate of drug-likeness (QED) is 0.688. The Morgan fingerprint density at radius 3 is 2.75 bits per heavy atom. The molecule has 3 rings (SSSR count). The van der Waals surface area contributed by atoms with Crippen molar-refractivity contribution >= 4 is 12.8 Å². The first-order chi connectivity index (χ1) is 7.93. The molecule has 2 nitrogen and oxygen atoms in total. The summed E-state index contributed by atoms with van der Waals surface area (Å²) in [6.07, 6.45) is 8.06. The maximum atomic E-state index is 4.36. The van der Waals surface area contributed by atoms with E-state index < -0.39 is 0 Å². The molecule has 2 aromatic rings. The van der Waals surface area contributed by atoms with Gasteiger partial charge in [-0.3, -0.25) is 0 Å². The third kappa shape index (κ3) is 1.61. The lowest BCUT2D eigenvalue weighted by molar-refractivity contribution is 0.880. The third-order valence-corrected chi connectivity index (χ3v) is 2.60. The van der Waals surface area contributed by atoms with Gasteiger partial charge in [-0.1, -0.05) is 35.8 Å². The van der Waals surface area contributed by atoms with Gasteiger partial charge in [0.05, 0.1) is 11.9 Å². The van der Waals surface area contributed by atoms with Crippen molar-refractivity contribution in [1.29, 1.82) is 0 Å². The van der Waals surface area contributed by atoms with Gasteiger partial charge in [0.15, 0.2) is 7.28 Å². The van der Waals surface area contributed by atoms with Crippen LogP contribution in [0, 0.1) is 0 Å². The number of hydrogen-bond donors (Lipinski definition) is 0. The number of allylic oxidation sites excluding steroid dienone is 2. The van der Waals surface area contributed by atoms with Gasteiger partial charge in [-0.2, -0.15) is 5.10 Å². The fraction of sp³-hybridized carbons (Fsp3) is 0. The minimum absolute atomic E-state index is 1.08. The summed E-state index contributed by atoms with van der Waals surface area (Å²) in [6, 6.07) is 10.1. The van der Waals surface area contributed by atoms with Crippen molar-refractivity contribution in [1.82, 2.24) is 9.78 Å². The molecule has 0 N–H and O–H groups in total. The van der Waals surface area contributed by atoms with E-state index in [0.717, 1.165) is 11.3 Å². The van der Waals surface area contributed by atoms with Crippen molar-refractivity contribution in [3.05, 3.63) is 66.4 Å². The minimum atomic E-state index is 1.08. The molecule has 2 heterocycles. The van der Waals surface area contributed by atoms with Crippen molar-refractivity contribution in [3.63, 3.8) is 0 Å². The number of rotatable bonds is 2. The van der Waals surface area contributed by atoms with E-state index in [1.54, 1.807) is 0 Å². The molecule has 0 atom stereocenters. The number of benzene rings is 1. The zero-order valence-corrected chi connectivity index (χ0v) is 8.75. The van der Waals surface area contributed by atoms with Crippen LogP contribution in [-0.4, -0.2) is 17.1 Å². The van der Waals surface area contributed by atoms with Crippen LogP contribution in [0.3, 0.4) is 0 Å². The van der Waals surface area contributed by atoms with Crippen LogP contribution in [0.2, 0.25) is 0 Å². The molecule has 1 aliphatic rings. The van der Waals surface area contributed by atoms with Crippen LogP contribution in [0.4, 0.5) is 0 Å². The Morgan fingerprint density at radius 2 is 2.00 bits per heavy atom. The molecule has 0 aliphatic carbocycles. The van der Waals surface area contributed by atoms with Gasteiger partial charge in [-0.25, -0.2) is 4.68 Å². The average Bonchev–Trinajstić information content (AvgIpc) is 3.01. The van der Waals surface area contributed by atoms with Crippen LogP contribution < -0.4 is 0 Å². The second-order valence-corrected chi connectivity index (χ2v) is 3.68. The maximum absolute atomic E-state index is 4.36. The molecular weight excluding hydrogens is 195 g/mol. The number of aromatic nitrogens is 2. The Morgan fingerprint density at radius 1 is 1.12 bits per heavy atom. The van der Waals surface area contributed by atoms with Crippen molar-refractivity contribution in [3.8, 4) is 5.69 Å². The maximum Gasteiger partial charge on any atom is 0.182 e. The summed E-state index contributed by atoms with van der Waals surface area (Å²) in [6.45, 7) is 0. The molecule has 1 aromatic carbocycles. The van der Waals surface area contributed by atoms with Crippen molar-refractivity contribution < 1.29 is 0 Å². The van der Waals surface area contributed by atoms with E-state index in [4.69, 9.17) is 0 Å². The Balaban J connectivity index is 1.94. The smallest absolute Gasteiger partial charge is 0.182 e. The fourth-order valence-corrected chi connectivity index (χ4v) is 1.76. The normalized spacial score (nSPS) is 13.6. The highest BCUT2D eigenvalue weighted by Crippen LogP contribution is 2.17. The van der Waals surface area contributed by atoms with Crippen LogP contribution in [0.15, 0.2) is 60.9 Å². The predicted octanol–water partition coefficient (Wildman–Crippen LogP) is 2.44. The topological polar surface area (TPSA) is 17.8 Å². The minimum Gasteiger partial charge on any atom is -0.240 e. The van der Waals surface area contributed by atoms with Crippen LogP contribution in [0.5, 0.6) is 0 Å². The number of hydrogen-bond acceptors (Lipinski definition) is 1. The molecule has 3 heteroatoms. The zero-order valence-electron chi connectivity index (χ0n) is 8.75. The summed E-state index contributed by atoms with van der Waals surface area (Å²) in [5.41, 5.74) is 3.44.